The zero-order chi connectivity index (χ0) is 11.3. The van der Waals surface area contributed by atoms with Gasteiger partial charge in [0.15, 0.2) is 0 Å². The Morgan fingerprint density at radius 1 is 1.53 bits per heavy atom. The van der Waals surface area contributed by atoms with Gasteiger partial charge in [-0.3, -0.25) is 4.79 Å². The van der Waals surface area contributed by atoms with Crippen LogP contribution in [0.25, 0.3) is 0 Å². The average molecular weight is 204 g/mol. The lowest BCUT2D eigenvalue weighted by Gasteiger charge is -2.24. The summed E-state index contributed by atoms with van der Waals surface area (Å²) in [7, 11) is 0. The number of carbonyl (C=O) groups is 1. The molecule has 0 aliphatic rings. The first-order chi connectivity index (χ1) is 7.15. The maximum absolute atomic E-state index is 10.7. The van der Waals surface area contributed by atoms with Crippen LogP contribution in [0.3, 0.4) is 0 Å². The van der Waals surface area contributed by atoms with Crippen molar-refractivity contribution >= 4 is 11.7 Å². The van der Waals surface area contributed by atoms with Crippen molar-refractivity contribution in [2.75, 3.05) is 11.4 Å². The third-order valence-corrected chi connectivity index (χ3v) is 2.05. The van der Waals surface area contributed by atoms with Crippen molar-refractivity contribution in [3.63, 3.8) is 0 Å². The molecule has 0 fully saturated rings. The van der Waals surface area contributed by atoms with Crippen molar-refractivity contribution in [2.24, 2.45) is 0 Å². The minimum Gasteiger partial charge on any atom is -0.480 e. The molecule has 15 heavy (non-hydrogen) atoms. The van der Waals surface area contributed by atoms with Crippen molar-refractivity contribution in [1.29, 1.82) is 5.26 Å². The summed E-state index contributed by atoms with van der Waals surface area (Å²) in [5, 5.41) is 17.5. The topological polar surface area (TPSA) is 64.3 Å². The summed E-state index contributed by atoms with van der Waals surface area (Å²) in [4.78, 5) is 12.2. The Hall–Kier alpha value is -2.02. The molecule has 1 aromatic rings. The molecule has 0 aliphatic heterocycles. The molecular formula is C11H12N2O2. The van der Waals surface area contributed by atoms with E-state index < -0.39 is 12.0 Å². The van der Waals surface area contributed by atoms with E-state index in [0.29, 0.717) is 0 Å². The number of para-hydroxylation sites is 1. The molecule has 4 heteroatoms. The van der Waals surface area contributed by atoms with Gasteiger partial charge in [-0.25, -0.2) is 0 Å². The molecule has 1 unspecified atom stereocenters. The fourth-order valence-electron chi connectivity index (χ4n) is 1.29. The molecule has 1 aromatic carbocycles. The first kappa shape index (κ1) is 11.1. The molecule has 0 amide bonds. The van der Waals surface area contributed by atoms with Crippen LogP contribution in [0.4, 0.5) is 5.69 Å². The molecule has 0 aliphatic carbocycles. The van der Waals surface area contributed by atoms with E-state index in [1.807, 2.05) is 24.3 Å². The number of aliphatic carboxylic acids is 1. The fraction of sp³-hybridized carbons (Fsp3) is 0.273. The quantitative estimate of drug-likeness (QED) is 0.807. The Labute approximate surface area is 88.4 Å². The van der Waals surface area contributed by atoms with Gasteiger partial charge in [0.1, 0.15) is 12.6 Å². The summed E-state index contributed by atoms with van der Waals surface area (Å²) < 4.78 is 0. The second-order valence-electron chi connectivity index (χ2n) is 3.16. The molecule has 0 bridgehead atoms. The minimum atomic E-state index is -0.944. The highest BCUT2D eigenvalue weighted by Gasteiger charge is 2.16. The van der Waals surface area contributed by atoms with Crippen LogP contribution in [-0.4, -0.2) is 23.7 Å². The van der Waals surface area contributed by atoms with E-state index in [1.165, 1.54) is 0 Å². The number of carboxylic acid groups (broad SMARTS) is 1. The predicted octanol–water partition coefficient (Wildman–Crippen LogP) is 1.49. The van der Waals surface area contributed by atoms with Crippen LogP contribution in [0.2, 0.25) is 0 Å². The molecule has 0 saturated heterocycles. The molecule has 0 saturated carbocycles. The number of benzene rings is 1. The summed E-state index contributed by atoms with van der Waals surface area (Å²) >= 11 is 0. The van der Waals surface area contributed by atoms with Gasteiger partial charge in [-0.1, -0.05) is 18.2 Å². The summed E-state index contributed by atoms with van der Waals surface area (Å²) in [5.74, 6) is -0.944. The number of carboxylic acids is 1. The van der Waals surface area contributed by atoms with Crippen molar-refractivity contribution in [2.45, 2.75) is 13.0 Å². The minimum absolute atomic E-state index is 0.168. The molecular weight excluding hydrogens is 192 g/mol. The molecule has 78 valence electrons. The summed E-state index contributed by atoms with van der Waals surface area (Å²) in [6, 6.07) is 10.6. The molecule has 1 N–H and O–H groups in total. The van der Waals surface area contributed by atoms with E-state index in [9.17, 15) is 4.79 Å². The molecule has 4 nitrogen and oxygen atoms in total. The SMILES string of the molecule is CC(C#N)N(CC(=O)O)c1ccccc1. The second-order valence-corrected chi connectivity index (χ2v) is 3.16. The van der Waals surface area contributed by atoms with Gasteiger partial charge in [-0.2, -0.15) is 5.26 Å². The van der Waals surface area contributed by atoms with E-state index in [2.05, 4.69) is 0 Å². The lowest BCUT2D eigenvalue weighted by Crippen LogP contribution is -2.36. The Morgan fingerprint density at radius 3 is 2.60 bits per heavy atom. The van der Waals surface area contributed by atoms with Gasteiger partial charge >= 0.3 is 5.97 Å². The van der Waals surface area contributed by atoms with Crippen LogP contribution in [0.5, 0.6) is 0 Å². The van der Waals surface area contributed by atoms with Gasteiger partial charge < -0.3 is 10.0 Å². The highest BCUT2D eigenvalue weighted by atomic mass is 16.4. The van der Waals surface area contributed by atoms with E-state index in [-0.39, 0.29) is 6.54 Å². The molecule has 0 spiro atoms. The van der Waals surface area contributed by atoms with Crippen LogP contribution in [-0.2, 0) is 4.79 Å². The number of nitriles is 1. The van der Waals surface area contributed by atoms with E-state index in [4.69, 9.17) is 10.4 Å². The Bertz CT molecular complexity index is 370. The lowest BCUT2D eigenvalue weighted by atomic mass is 10.2. The molecule has 0 heterocycles. The zero-order valence-corrected chi connectivity index (χ0v) is 8.42. The second kappa shape index (κ2) is 5.01. The Balaban J connectivity index is 2.92. The third kappa shape index (κ3) is 2.99. The van der Waals surface area contributed by atoms with Crippen LogP contribution in [0.1, 0.15) is 6.92 Å². The van der Waals surface area contributed by atoms with Gasteiger partial charge in [0.05, 0.1) is 6.07 Å². The third-order valence-electron chi connectivity index (χ3n) is 2.05. The fourth-order valence-corrected chi connectivity index (χ4v) is 1.29. The molecule has 1 atom stereocenters. The molecule has 0 radical (unpaired) electrons. The van der Waals surface area contributed by atoms with Crippen LogP contribution in [0.15, 0.2) is 30.3 Å². The average Bonchev–Trinajstić information content (AvgIpc) is 2.26. The van der Waals surface area contributed by atoms with Gasteiger partial charge in [0.25, 0.3) is 0 Å². The lowest BCUT2D eigenvalue weighted by molar-refractivity contribution is -0.135. The van der Waals surface area contributed by atoms with Crippen LogP contribution in [0, 0.1) is 11.3 Å². The van der Waals surface area contributed by atoms with E-state index in [1.54, 1.807) is 24.0 Å². The Kier molecular flexibility index (Phi) is 3.69. The van der Waals surface area contributed by atoms with Crippen molar-refractivity contribution < 1.29 is 9.90 Å². The van der Waals surface area contributed by atoms with Gasteiger partial charge in [-0.05, 0) is 19.1 Å². The zero-order valence-electron chi connectivity index (χ0n) is 8.42. The standard InChI is InChI=1S/C11H12N2O2/c1-9(7-12)13(8-11(14)15)10-5-3-2-4-6-10/h2-6,9H,8H2,1H3,(H,14,15). The number of hydrogen-bond donors (Lipinski definition) is 1. The predicted molar refractivity (Wildman–Crippen MR) is 56.5 cm³/mol. The highest BCUT2D eigenvalue weighted by Crippen LogP contribution is 2.15. The van der Waals surface area contributed by atoms with Gasteiger partial charge in [0, 0.05) is 5.69 Å². The maximum Gasteiger partial charge on any atom is 0.323 e. The number of rotatable bonds is 4. The normalized spacial score (nSPS) is 11.5. The number of nitrogens with zero attached hydrogens (tertiary/aromatic N) is 2. The summed E-state index contributed by atoms with van der Waals surface area (Å²) in [6.45, 7) is 1.51. The summed E-state index contributed by atoms with van der Waals surface area (Å²) in [6.07, 6.45) is 0. The monoisotopic (exact) mass is 204 g/mol. The maximum atomic E-state index is 10.7. The van der Waals surface area contributed by atoms with E-state index >= 15 is 0 Å². The van der Waals surface area contributed by atoms with Gasteiger partial charge in [-0.15, -0.1) is 0 Å². The van der Waals surface area contributed by atoms with Crippen LogP contribution >= 0.6 is 0 Å². The van der Waals surface area contributed by atoms with Crippen molar-refractivity contribution in [3.05, 3.63) is 30.3 Å². The number of anilines is 1. The largest absolute Gasteiger partial charge is 0.480 e. The number of hydrogen-bond acceptors (Lipinski definition) is 3. The first-order valence-corrected chi connectivity index (χ1v) is 4.58. The van der Waals surface area contributed by atoms with Crippen LogP contribution < -0.4 is 4.90 Å². The smallest absolute Gasteiger partial charge is 0.323 e. The van der Waals surface area contributed by atoms with Crippen molar-refractivity contribution in [1.82, 2.24) is 0 Å². The molecule has 0 aromatic heterocycles. The Morgan fingerprint density at radius 2 is 2.13 bits per heavy atom. The summed E-state index contributed by atoms with van der Waals surface area (Å²) in [5.41, 5.74) is 0.744. The highest BCUT2D eigenvalue weighted by molar-refractivity contribution is 5.74. The van der Waals surface area contributed by atoms with Gasteiger partial charge in [0.2, 0.25) is 0 Å². The van der Waals surface area contributed by atoms with E-state index in [0.717, 1.165) is 5.69 Å². The van der Waals surface area contributed by atoms with Crippen molar-refractivity contribution in [3.8, 4) is 6.07 Å². The molecule has 1 rings (SSSR count). The first-order valence-electron chi connectivity index (χ1n) is 4.58.